The van der Waals surface area contributed by atoms with Crippen LogP contribution in [0.1, 0.15) is 258 Å². The number of hydrogen-bond acceptors (Lipinski definition) is 5. The van der Waals surface area contributed by atoms with Crippen molar-refractivity contribution in [3.63, 3.8) is 0 Å². The number of unbranched alkanes of at least 4 members (excludes halogenated alkanes) is 31. The summed E-state index contributed by atoms with van der Waals surface area (Å²) in [7, 11) is 0. The summed E-state index contributed by atoms with van der Waals surface area (Å²) in [4.78, 5) is 24.4. The van der Waals surface area contributed by atoms with E-state index in [0.29, 0.717) is 25.9 Å². The van der Waals surface area contributed by atoms with Crippen molar-refractivity contribution in [2.75, 3.05) is 13.2 Å². The van der Waals surface area contributed by atoms with E-state index < -0.39 is 12.1 Å². The monoisotopic (exact) mass is 764 g/mol. The minimum absolute atomic E-state index is 0.0327. The molecule has 6 heteroatoms. The first-order chi connectivity index (χ1) is 26.5. The van der Waals surface area contributed by atoms with Gasteiger partial charge in [-0.05, 0) is 51.4 Å². The molecule has 0 saturated heterocycles. The lowest BCUT2D eigenvalue weighted by molar-refractivity contribution is -0.143. The van der Waals surface area contributed by atoms with E-state index in [4.69, 9.17) is 4.74 Å². The van der Waals surface area contributed by atoms with E-state index in [1.54, 1.807) is 0 Å². The highest BCUT2D eigenvalue weighted by Crippen LogP contribution is 2.16. The minimum atomic E-state index is -0.682. The fraction of sp³-hybridized carbons (Fsp3) is 0.917. The molecule has 0 aromatic heterocycles. The summed E-state index contributed by atoms with van der Waals surface area (Å²) in [5.74, 6) is -0.106. The van der Waals surface area contributed by atoms with Gasteiger partial charge in [0.1, 0.15) is 0 Å². The second-order valence-corrected chi connectivity index (χ2v) is 16.4. The van der Waals surface area contributed by atoms with Crippen molar-refractivity contribution in [2.45, 2.75) is 270 Å². The van der Waals surface area contributed by atoms with Crippen LogP contribution in [-0.4, -0.2) is 47.4 Å². The Labute approximate surface area is 336 Å². The summed E-state index contributed by atoms with van der Waals surface area (Å²) in [6, 6.07) is -0.563. The quantitative estimate of drug-likeness (QED) is 0.0326. The third-order valence-electron chi connectivity index (χ3n) is 11.1. The number of aliphatic hydroxyl groups is 2. The molecule has 2 unspecified atom stereocenters. The van der Waals surface area contributed by atoms with Gasteiger partial charge in [-0.2, -0.15) is 0 Å². The summed E-state index contributed by atoms with van der Waals surface area (Å²) in [6.45, 7) is 4.84. The fourth-order valence-corrected chi connectivity index (χ4v) is 7.34. The van der Waals surface area contributed by atoms with Crippen LogP contribution in [0.3, 0.4) is 0 Å². The van der Waals surface area contributed by atoms with Gasteiger partial charge >= 0.3 is 5.97 Å². The van der Waals surface area contributed by atoms with Crippen molar-refractivity contribution in [3.8, 4) is 0 Å². The number of allylic oxidation sites excluding steroid dienone is 2. The van der Waals surface area contributed by atoms with Crippen molar-refractivity contribution in [1.29, 1.82) is 0 Å². The number of carbonyl (C=O) groups excluding carboxylic acids is 2. The normalized spacial score (nSPS) is 12.7. The van der Waals surface area contributed by atoms with Gasteiger partial charge in [0.05, 0.1) is 25.4 Å². The highest BCUT2D eigenvalue weighted by Gasteiger charge is 2.20. The molecule has 0 fully saturated rings. The average molecular weight is 764 g/mol. The maximum Gasteiger partial charge on any atom is 0.305 e. The number of nitrogens with one attached hydrogen (secondary N) is 1. The van der Waals surface area contributed by atoms with Gasteiger partial charge in [0.15, 0.2) is 0 Å². The van der Waals surface area contributed by atoms with Gasteiger partial charge in [0, 0.05) is 12.8 Å². The lowest BCUT2D eigenvalue weighted by Crippen LogP contribution is -2.45. The highest BCUT2D eigenvalue weighted by atomic mass is 16.5. The van der Waals surface area contributed by atoms with Crippen LogP contribution in [0, 0.1) is 0 Å². The zero-order valence-corrected chi connectivity index (χ0v) is 36.2. The number of esters is 1. The smallest absolute Gasteiger partial charge is 0.305 e. The van der Waals surface area contributed by atoms with E-state index in [1.165, 1.54) is 148 Å². The topological polar surface area (TPSA) is 95.9 Å². The molecule has 0 aliphatic heterocycles. The van der Waals surface area contributed by atoms with Crippen LogP contribution in [0.2, 0.25) is 0 Å². The third-order valence-corrected chi connectivity index (χ3v) is 11.1. The predicted molar refractivity (Wildman–Crippen MR) is 232 cm³/mol. The molecule has 54 heavy (non-hydrogen) atoms. The van der Waals surface area contributed by atoms with Crippen LogP contribution in [0.25, 0.3) is 0 Å². The summed E-state index contributed by atoms with van der Waals surface area (Å²) >= 11 is 0. The molecule has 0 aliphatic carbocycles. The number of rotatable bonds is 44. The maximum atomic E-state index is 12.4. The van der Waals surface area contributed by atoms with Gasteiger partial charge in [0.2, 0.25) is 5.91 Å². The van der Waals surface area contributed by atoms with E-state index in [-0.39, 0.29) is 18.5 Å². The number of aliphatic hydroxyl groups excluding tert-OH is 2. The molecule has 1 amide bonds. The molecule has 0 aromatic rings. The van der Waals surface area contributed by atoms with Crippen molar-refractivity contribution < 1.29 is 24.5 Å². The van der Waals surface area contributed by atoms with Crippen molar-refractivity contribution in [1.82, 2.24) is 5.32 Å². The van der Waals surface area contributed by atoms with E-state index in [2.05, 4.69) is 31.3 Å². The van der Waals surface area contributed by atoms with Crippen LogP contribution in [-0.2, 0) is 14.3 Å². The largest absolute Gasteiger partial charge is 0.466 e. The van der Waals surface area contributed by atoms with Crippen LogP contribution in [0.15, 0.2) is 12.2 Å². The van der Waals surface area contributed by atoms with E-state index in [9.17, 15) is 19.8 Å². The Hall–Kier alpha value is -1.40. The van der Waals surface area contributed by atoms with Crippen molar-refractivity contribution in [3.05, 3.63) is 12.2 Å². The Balaban J connectivity index is 3.47. The molecule has 320 valence electrons. The summed E-state index contributed by atoms with van der Waals surface area (Å²) < 4.78 is 5.44. The molecule has 0 aliphatic rings. The van der Waals surface area contributed by atoms with Crippen LogP contribution >= 0.6 is 0 Å². The molecule has 0 saturated carbocycles. The Morgan fingerprint density at radius 1 is 0.500 bits per heavy atom. The number of hydrogen-bond donors (Lipinski definition) is 3. The molecule has 6 nitrogen and oxygen atoms in total. The molecular formula is C48H93NO5. The number of carbonyl (C=O) groups is 2. The van der Waals surface area contributed by atoms with Crippen LogP contribution < -0.4 is 5.32 Å². The summed E-state index contributed by atoms with van der Waals surface area (Å²) in [5, 5.41) is 23.0. The Kier molecular flexibility index (Phi) is 43.2. The van der Waals surface area contributed by atoms with Gasteiger partial charge in [-0.3, -0.25) is 9.59 Å². The molecule has 2 atom stereocenters. The predicted octanol–water partition coefficient (Wildman–Crippen LogP) is 13.8. The van der Waals surface area contributed by atoms with Crippen LogP contribution in [0.4, 0.5) is 0 Å². The van der Waals surface area contributed by atoms with Gasteiger partial charge in [-0.1, -0.05) is 206 Å². The Morgan fingerprint density at radius 2 is 0.870 bits per heavy atom. The second kappa shape index (κ2) is 44.3. The van der Waals surface area contributed by atoms with E-state index in [0.717, 1.165) is 77.0 Å². The first-order valence-corrected chi connectivity index (χ1v) is 23.9. The van der Waals surface area contributed by atoms with Crippen molar-refractivity contribution >= 4 is 11.9 Å². The molecule has 0 spiro atoms. The Bertz CT molecular complexity index is 802. The van der Waals surface area contributed by atoms with E-state index >= 15 is 0 Å². The molecule has 0 rings (SSSR count). The third kappa shape index (κ3) is 40.3. The zero-order valence-electron chi connectivity index (χ0n) is 36.2. The molecule has 0 aromatic carbocycles. The second-order valence-electron chi connectivity index (χ2n) is 16.4. The number of ether oxygens (including phenoxy) is 1. The summed E-state index contributed by atoms with van der Waals surface area (Å²) in [5.41, 5.74) is 0. The lowest BCUT2D eigenvalue weighted by atomic mass is 10.0. The van der Waals surface area contributed by atoms with Crippen molar-refractivity contribution in [2.24, 2.45) is 0 Å². The van der Waals surface area contributed by atoms with Gasteiger partial charge < -0.3 is 20.3 Å². The van der Waals surface area contributed by atoms with E-state index in [1.807, 2.05) is 0 Å². The minimum Gasteiger partial charge on any atom is -0.466 e. The summed E-state index contributed by atoms with van der Waals surface area (Å²) in [6.07, 6.45) is 49.0. The van der Waals surface area contributed by atoms with Crippen LogP contribution in [0.5, 0.6) is 0 Å². The molecule has 3 N–H and O–H groups in total. The maximum absolute atomic E-state index is 12.4. The zero-order chi connectivity index (χ0) is 39.4. The van der Waals surface area contributed by atoms with Gasteiger partial charge in [-0.25, -0.2) is 0 Å². The lowest BCUT2D eigenvalue weighted by Gasteiger charge is -2.22. The standard InChI is InChI=1S/C48H93NO5/c1-3-5-7-9-11-13-14-15-16-17-18-19-20-21-26-30-34-38-42-48(53)54-43-39-35-31-27-23-22-25-29-33-37-41-47(52)49-45(44-50)46(51)40-36-32-28-24-12-10-8-6-4-2/h23,27,45-46,50-51H,3-22,24-26,28-44H2,1-2H3,(H,49,52)/b27-23-. The Morgan fingerprint density at radius 3 is 1.31 bits per heavy atom. The molecule has 0 radical (unpaired) electrons. The average Bonchev–Trinajstić information content (AvgIpc) is 3.17. The molecule has 0 bridgehead atoms. The SMILES string of the molecule is CCCCCCCCCCCCCCCCCCCCC(=O)OCCCC/C=C\CCCCCCC(=O)NC(CO)C(O)CCCCCCCCCCC. The van der Waals surface area contributed by atoms with Gasteiger partial charge in [-0.15, -0.1) is 0 Å². The highest BCUT2D eigenvalue weighted by molar-refractivity contribution is 5.76. The molecular weight excluding hydrogens is 671 g/mol. The van der Waals surface area contributed by atoms with Gasteiger partial charge in [0.25, 0.3) is 0 Å². The fourth-order valence-electron chi connectivity index (χ4n) is 7.34. The first kappa shape index (κ1) is 52.6. The number of amides is 1. The first-order valence-electron chi connectivity index (χ1n) is 23.9. The molecule has 0 heterocycles.